The lowest BCUT2D eigenvalue weighted by molar-refractivity contribution is 0.391. The third-order valence-electron chi connectivity index (χ3n) is 2.02. The van der Waals surface area contributed by atoms with E-state index in [9.17, 15) is 10.2 Å². The summed E-state index contributed by atoms with van der Waals surface area (Å²) in [6, 6.07) is 3.18. The van der Waals surface area contributed by atoms with Crippen molar-refractivity contribution >= 4 is 12.0 Å². The molecule has 0 aromatic heterocycles. The molecule has 1 rings (SSSR count). The van der Waals surface area contributed by atoms with Crippen LogP contribution in [0.2, 0.25) is 0 Å². The van der Waals surface area contributed by atoms with Crippen LogP contribution in [0.15, 0.2) is 17.0 Å². The average Bonchev–Trinajstić information content (AvgIpc) is 2.07. The zero-order chi connectivity index (χ0) is 10.9. The number of aromatic hydroxyl groups is 2. The molecule has 0 heterocycles. The summed E-state index contributed by atoms with van der Waals surface area (Å²) < 4.78 is 8.88. The normalized spacial score (nSPS) is 11.7. The second-order valence-corrected chi connectivity index (χ2v) is 4.81. The molecule has 0 amide bonds. The van der Waals surface area contributed by atoms with Crippen molar-refractivity contribution in [3.8, 4) is 11.5 Å². The average molecular weight is 214 g/mol. The van der Waals surface area contributed by atoms with Crippen LogP contribution in [-0.4, -0.2) is 14.8 Å². The molecule has 3 nitrogen and oxygen atoms in total. The van der Waals surface area contributed by atoms with Gasteiger partial charge in [0.1, 0.15) is 0 Å². The van der Waals surface area contributed by atoms with Crippen molar-refractivity contribution in [3.05, 3.63) is 17.7 Å². The van der Waals surface area contributed by atoms with Gasteiger partial charge in [0.15, 0.2) is 11.5 Å². The lowest BCUT2D eigenvalue weighted by Crippen LogP contribution is -2.10. The van der Waals surface area contributed by atoms with Gasteiger partial charge in [0.25, 0.3) is 0 Å². The lowest BCUT2D eigenvalue weighted by Gasteiger charge is -2.20. The fourth-order valence-electron chi connectivity index (χ4n) is 1.10. The van der Waals surface area contributed by atoms with E-state index in [2.05, 4.69) is 0 Å². The molecule has 1 aromatic carbocycles. The molecule has 3 N–H and O–H groups in total. The second kappa shape index (κ2) is 3.71. The van der Waals surface area contributed by atoms with Gasteiger partial charge in [-0.3, -0.25) is 0 Å². The Kier molecular flexibility index (Phi) is 2.97. The Balaban J connectivity index is 3.30. The first-order chi connectivity index (χ1) is 6.36. The molecular formula is C10H14O3S. The van der Waals surface area contributed by atoms with Crippen molar-refractivity contribution in [1.82, 2.24) is 0 Å². The SMILES string of the molecule is CC(C)(C)c1cc(O)c(O)c(SO)c1. The van der Waals surface area contributed by atoms with Gasteiger partial charge >= 0.3 is 0 Å². The van der Waals surface area contributed by atoms with Crippen molar-refractivity contribution in [2.24, 2.45) is 0 Å². The van der Waals surface area contributed by atoms with Crippen molar-refractivity contribution < 1.29 is 14.8 Å². The molecule has 0 saturated carbocycles. The maximum atomic E-state index is 9.40. The Bertz CT molecular complexity index is 342. The lowest BCUT2D eigenvalue weighted by atomic mass is 9.87. The van der Waals surface area contributed by atoms with Crippen LogP contribution in [0.4, 0.5) is 0 Å². The molecule has 0 aliphatic heterocycles. The van der Waals surface area contributed by atoms with E-state index >= 15 is 0 Å². The molecule has 0 atom stereocenters. The smallest absolute Gasteiger partial charge is 0.173 e. The Morgan fingerprint density at radius 1 is 1.14 bits per heavy atom. The maximum Gasteiger partial charge on any atom is 0.173 e. The van der Waals surface area contributed by atoms with Gasteiger partial charge in [-0.15, -0.1) is 0 Å². The Labute approximate surface area is 87.6 Å². The highest BCUT2D eigenvalue weighted by Gasteiger charge is 2.18. The van der Waals surface area contributed by atoms with E-state index in [1.54, 1.807) is 6.07 Å². The first-order valence-electron chi connectivity index (χ1n) is 4.24. The van der Waals surface area contributed by atoms with Crippen LogP contribution >= 0.6 is 12.0 Å². The van der Waals surface area contributed by atoms with E-state index in [0.29, 0.717) is 12.0 Å². The predicted octanol–water partition coefficient (Wildman–Crippen LogP) is 2.96. The monoisotopic (exact) mass is 214 g/mol. The summed E-state index contributed by atoms with van der Waals surface area (Å²) in [5.41, 5.74) is 0.736. The molecule has 14 heavy (non-hydrogen) atoms. The predicted molar refractivity (Wildman–Crippen MR) is 57.0 cm³/mol. The molecule has 4 heteroatoms. The quantitative estimate of drug-likeness (QED) is 0.497. The van der Waals surface area contributed by atoms with Crippen molar-refractivity contribution in [3.63, 3.8) is 0 Å². The van der Waals surface area contributed by atoms with Crippen LogP contribution in [0.3, 0.4) is 0 Å². The molecule has 0 bridgehead atoms. The number of benzene rings is 1. The maximum absolute atomic E-state index is 9.40. The zero-order valence-electron chi connectivity index (χ0n) is 8.40. The van der Waals surface area contributed by atoms with Gasteiger partial charge in [0, 0.05) is 12.0 Å². The summed E-state index contributed by atoms with van der Waals surface area (Å²) in [6.07, 6.45) is 0. The Hall–Kier alpha value is -0.870. The van der Waals surface area contributed by atoms with E-state index < -0.39 is 0 Å². The summed E-state index contributed by atoms with van der Waals surface area (Å²) in [7, 11) is 0. The molecule has 1 aromatic rings. The minimum absolute atomic E-state index is 0.129. The second-order valence-electron chi connectivity index (χ2n) is 4.18. The minimum atomic E-state index is -0.273. The summed E-state index contributed by atoms with van der Waals surface area (Å²) in [5, 5.41) is 18.8. The fourth-order valence-corrected chi connectivity index (χ4v) is 1.47. The highest BCUT2D eigenvalue weighted by Crippen LogP contribution is 2.39. The summed E-state index contributed by atoms with van der Waals surface area (Å²) in [4.78, 5) is 0.273. The third kappa shape index (κ3) is 2.13. The van der Waals surface area contributed by atoms with Gasteiger partial charge in [-0.05, 0) is 23.1 Å². The minimum Gasteiger partial charge on any atom is -0.504 e. The Morgan fingerprint density at radius 2 is 1.71 bits per heavy atom. The number of phenolic OH excluding ortho intramolecular Hbond substituents is 2. The number of hydrogen-bond acceptors (Lipinski definition) is 4. The largest absolute Gasteiger partial charge is 0.504 e. The van der Waals surface area contributed by atoms with Gasteiger partial charge in [-0.2, -0.15) is 0 Å². The molecule has 78 valence electrons. The molecule has 0 aliphatic carbocycles. The topological polar surface area (TPSA) is 60.7 Å². The number of hydrogen-bond donors (Lipinski definition) is 3. The summed E-state index contributed by atoms with van der Waals surface area (Å²) >= 11 is 0.430. The van der Waals surface area contributed by atoms with E-state index in [-0.39, 0.29) is 21.8 Å². The first kappa shape index (κ1) is 11.2. The third-order valence-corrected chi connectivity index (χ3v) is 2.53. The molecule has 0 fully saturated rings. The van der Waals surface area contributed by atoms with Gasteiger partial charge in [-0.1, -0.05) is 20.8 Å². The highest BCUT2D eigenvalue weighted by atomic mass is 32.2. The van der Waals surface area contributed by atoms with Gasteiger partial charge < -0.3 is 14.8 Å². The summed E-state index contributed by atoms with van der Waals surface area (Å²) in [5.74, 6) is -0.473. The van der Waals surface area contributed by atoms with E-state index in [4.69, 9.17) is 4.55 Å². The van der Waals surface area contributed by atoms with Crippen LogP contribution in [0.5, 0.6) is 11.5 Å². The molecule has 0 spiro atoms. The number of phenols is 2. The number of rotatable bonds is 1. The van der Waals surface area contributed by atoms with Crippen molar-refractivity contribution in [2.75, 3.05) is 0 Å². The van der Waals surface area contributed by atoms with Crippen LogP contribution < -0.4 is 0 Å². The Morgan fingerprint density at radius 3 is 2.14 bits per heavy atom. The highest BCUT2D eigenvalue weighted by molar-refractivity contribution is 7.93. The van der Waals surface area contributed by atoms with Gasteiger partial charge in [0.05, 0.1) is 4.90 Å². The van der Waals surface area contributed by atoms with E-state index in [1.165, 1.54) is 6.07 Å². The van der Waals surface area contributed by atoms with E-state index in [1.807, 2.05) is 20.8 Å². The van der Waals surface area contributed by atoms with Crippen LogP contribution in [0.25, 0.3) is 0 Å². The summed E-state index contributed by atoms with van der Waals surface area (Å²) in [6.45, 7) is 5.97. The molecule has 0 saturated heterocycles. The van der Waals surface area contributed by atoms with E-state index in [0.717, 1.165) is 5.56 Å². The molecule has 0 aliphatic rings. The van der Waals surface area contributed by atoms with Crippen molar-refractivity contribution in [2.45, 2.75) is 31.1 Å². The molecular weight excluding hydrogens is 200 g/mol. The van der Waals surface area contributed by atoms with Gasteiger partial charge in [0.2, 0.25) is 0 Å². The van der Waals surface area contributed by atoms with Crippen molar-refractivity contribution in [1.29, 1.82) is 0 Å². The zero-order valence-corrected chi connectivity index (χ0v) is 9.22. The fraction of sp³-hybridized carbons (Fsp3) is 0.400. The van der Waals surface area contributed by atoms with Crippen LogP contribution in [0.1, 0.15) is 26.3 Å². The van der Waals surface area contributed by atoms with Crippen LogP contribution in [0, 0.1) is 0 Å². The molecule has 0 radical (unpaired) electrons. The molecule has 0 unspecified atom stereocenters. The standard InChI is InChI=1S/C10H14O3S/c1-10(2,3)6-4-7(11)9(12)8(5-6)14-13/h4-5,11-13H,1-3H3. The van der Waals surface area contributed by atoms with Gasteiger partial charge in [-0.25, -0.2) is 0 Å². The van der Waals surface area contributed by atoms with Crippen LogP contribution in [-0.2, 0) is 5.41 Å². The first-order valence-corrected chi connectivity index (χ1v) is 5.01.